The van der Waals surface area contributed by atoms with Crippen molar-refractivity contribution in [2.24, 2.45) is 0 Å². The van der Waals surface area contributed by atoms with Crippen LogP contribution in [0.15, 0.2) is 6.20 Å². The van der Waals surface area contributed by atoms with Gasteiger partial charge in [-0.1, -0.05) is 18.5 Å². The van der Waals surface area contributed by atoms with Crippen LogP contribution in [0.2, 0.25) is 5.02 Å². The van der Waals surface area contributed by atoms with E-state index in [-0.39, 0.29) is 0 Å². The van der Waals surface area contributed by atoms with Crippen LogP contribution < -0.4 is 0 Å². The maximum atomic E-state index is 6.16. The van der Waals surface area contributed by atoms with E-state index in [1.54, 1.807) is 0 Å². The predicted molar refractivity (Wildman–Crippen MR) is 59.8 cm³/mol. The van der Waals surface area contributed by atoms with Gasteiger partial charge in [-0.3, -0.25) is 0 Å². The van der Waals surface area contributed by atoms with Gasteiger partial charge in [0.1, 0.15) is 0 Å². The topological polar surface area (TPSA) is 4.93 Å². The molecule has 2 rings (SSSR count). The summed E-state index contributed by atoms with van der Waals surface area (Å²) in [5, 5.41) is 0.963. The highest BCUT2D eigenvalue weighted by Crippen LogP contribution is 2.39. The Bertz CT molecular complexity index is 302. The molecule has 0 unspecified atom stereocenters. The van der Waals surface area contributed by atoms with Crippen molar-refractivity contribution in [2.45, 2.75) is 32.2 Å². The molecule has 1 nitrogen and oxygen atoms in total. The molecular weight excluding hydrogens is 284 g/mol. The van der Waals surface area contributed by atoms with E-state index in [1.165, 1.54) is 22.1 Å². The lowest BCUT2D eigenvalue weighted by Crippen LogP contribution is -1.97. The highest BCUT2D eigenvalue weighted by molar-refractivity contribution is 14.1. The molecule has 1 aliphatic carbocycles. The third-order valence-corrected chi connectivity index (χ3v) is 3.86. The molecule has 0 radical (unpaired) electrons. The summed E-state index contributed by atoms with van der Waals surface area (Å²) in [6.45, 7) is 2.16. The van der Waals surface area contributed by atoms with Crippen LogP contribution in [-0.4, -0.2) is 4.57 Å². The third-order valence-electron chi connectivity index (χ3n) is 2.30. The molecule has 1 saturated carbocycles. The lowest BCUT2D eigenvalue weighted by Gasteiger charge is -2.04. The molecule has 1 fully saturated rings. The van der Waals surface area contributed by atoms with Gasteiger partial charge in [0.15, 0.2) is 0 Å². The lowest BCUT2D eigenvalue weighted by molar-refractivity contribution is 0.702. The standard InChI is InChI=1S/C9H11ClIN/c1-2-8-9(10)7(11)5-12(8)6-3-4-6/h5-6H,2-4H2,1H3. The summed E-state index contributed by atoms with van der Waals surface area (Å²) in [5.41, 5.74) is 1.31. The van der Waals surface area contributed by atoms with Gasteiger partial charge in [-0.2, -0.15) is 0 Å². The van der Waals surface area contributed by atoms with Gasteiger partial charge in [-0.15, -0.1) is 0 Å². The Morgan fingerprint density at radius 2 is 2.33 bits per heavy atom. The predicted octanol–water partition coefficient (Wildman–Crippen LogP) is 3.64. The normalized spacial score (nSPS) is 16.9. The highest BCUT2D eigenvalue weighted by atomic mass is 127. The van der Waals surface area contributed by atoms with Gasteiger partial charge in [0.25, 0.3) is 0 Å². The molecule has 66 valence electrons. The summed E-state index contributed by atoms with van der Waals surface area (Å²) >= 11 is 8.46. The van der Waals surface area contributed by atoms with E-state index >= 15 is 0 Å². The second kappa shape index (κ2) is 3.22. The lowest BCUT2D eigenvalue weighted by atomic mass is 10.3. The van der Waals surface area contributed by atoms with Crippen molar-refractivity contribution in [3.63, 3.8) is 0 Å². The molecule has 0 bridgehead atoms. The van der Waals surface area contributed by atoms with Crippen molar-refractivity contribution < 1.29 is 0 Å². The largest absolute Gasteiger partial charge is 0.346 e. The quantitative estimate of drug-likeness (QED) is 0.734. The van der Waals surface area contributed by atoms with E-state index in [2.05, 4.69) is 40.3 Å². The van der Waals surface area contributed by atoms with E-state index in [1.807, 2.05) is 0 Å². The minimum atomic E-state index is 0.751. The SMILES string of the molecule is CCc1c(Cl)c(I)cn1C1CC1. The Balaban J connectivity index is 2.44. The van der Waals surface area contributed by atoms with E-state index in [0.717, 1.165) is 17.5 Å². The molecule has 1 aliphatic rings. The molecule has 12 heavy (non-hydrogen) atoms. The van der Waals surface area contributed by atoms with Crippen LogP contribution in [0.3, 0.4) is 0 Å². The first-order chi connectivity index (χ1) is 5.74. The summed E-state index contributed by atoms with van der Waals surface area (Å²) in [4.78, 5) is 0. The van der Waals surface area contributed by atoms with Crippen LogP contribution in [0.1, 0.15) is 31.5 Å². The maximum Gasteiger partial charge on any atom is 0.0748 e. The summed E-state index contributed by atoms with van der Waals surface area (Å²) in [6.07, 6.45) is 5.87. The average Bonchev–Trinajstić information content (AvgIpc) is 2.82. The molecule has 0 N–H and O–H groups in total. The zero-order chi connectivity index (χ0) is 8.72. The Hall–Kier alpha value is 0.300. The number of halogens is 2. The van der Waals surface area contributed by atoms with Gasteiger partial charge >= 0.3 is 0 Å². The number of hydrogen-bond acceptors (Lipinski definition) is 0. The van der Waals surface area contributed by atoms with E-state index in [0.29, 0.717) is 0 Å². The summed E-state index contributed by atoms with van der Waals surface area (Å²) in [5.74, 6) is 0. The van der Waals surface area contributed by atoms with Crippen molar-refractivity contribution in [1.82, 2.24) is 4.57 Å². The van der Waals surface area contributed by atoms with Crippen molar-refractivity contribution in [2.75, 3.05) is 0 Å². The molecule has 0 atom stereocenters. The van der Waals surface area contributed by atoms with Gasteiger partial charge in [0, 0.05) is 21.5 Å². The van der Waals surface area contributed by atoms with Crippen LogP contribution in [0.5, 0.6) is 0 Å². The Morgan fingerprint density at radius 1 is 1.67 bits per heavy atom. The van der Waals surface area contributed by atoms with Crippen LogP contribution in [0.4, 0.5) is 0 Å². The molecular formula is C9H11ClIN. The van der Waals surface area contributed by atoms with Crippen LogP contribution in [-0.2, 0) is 6.42 Å². The molecule has 3 heteroatoms. The summed E-state index contributed by atoms with van der Waals surface area (Å²) in [7, 11) is 0. The number of nitrogens with zero attached hydrogens (tertiary/aromatic N) is 1. The Kier molecular flexibility index (Phi) is 2.38. The first-order valence-corrected chi connectivity index (χ1v) is 5.74. The van der Waals surface area contributed by atoms with Crippen LogP contribution in [0.25, 0.3) is 0 Å². The van der Waals surface area contributed by atoms with E-state index in [4.69, 9.17) is 11.6 Å². The molecule has 0 amide bonds. The summed E-state index contributed by atoms with van der Waals surface area (Å²) in [6, 6.07) is 0.751. The Morgan fingerprint density at radius 3 is 2.83 bits per heavy atom. The minimum Gasteiger partial charge on any atom is -0.346 e. The molecule has 1 heterocycles. The smallest absolute Gasteiger partial charge is 0.0748 e. The van der Waals surface area contributed by atoms with Gasteiger partial charge < -0.3 is 4.57 Å². The molecule has 0 spiro atoms. The molecule has 0 saturated heterocycles. The molecule has 0 aromatic carbocycles. The van der Waals surface area contributed by atoms with E-state index in [9.17, 15) is 0 Å². The van der Waals surface area contributed by atoms with Crippen LogP contribution in [0, 0.1) is 3.57 Å². The van der Waals surface area contributed by atoms with Crippen molar-refractivity contribution >= 4 is 34.2 Å². The van der Waals surface area contributed by atoms with Crippen molar-refractivity contribution in [3.8, 4) is 0 Å². The first-order valence-electron chi connectivity index (χ1n) is 4.28. The minimum absolute atomic E-state index is 0.751. The second-order valence-corrected chi connectivity index (χ2v) is 4.77. The molecule has 1 aromatic heterocycles. The number of hydrogen-bond donors (Lipinski definition) is 0. The van der Waals surface area contributed by atoms with E-state index < -0.39 is 0 Å². The zero-order valence-electron chi connectivity index (χ0n) is 6.98. The fraction of sp³-hybridized carbons (Fsp3) is 0.556. The fourth-order valence-corrected chi connectivity index (χ4v) is 2.42. The van der Waals surface area contributed by atoms with Crippen LogP contribution >= 0.6 is 34.2 Å². The molecule has 0 aliphatic heterocycles. The maximum absolute atomic E-state index is 6.16. The number of rotatable bonds is 2. The number of aromatic nitrogens is 1. The van der Waals surface area contributed by atoms with Crippen molar-refractivity contribution in [3.05, 3.63) is 20.5 Å². The van der Waals surface area contributed by atoms with Crippen molar-refractivity contribution in [1.29, 1.82) is 0 Å². The van der Waals surface area contributed by atoms with Gasteiger partial charge in [-0.25, -0.2) is 0 Å². The second-order valence-electron chi connectivity index (χ2n) is 3.23. The van der Waals surface area contributed by atoms with Gasteiger partial charge in [0.05, 0.1) is 5.02 Å². The zero-order valence-corrected chi connectivity index (χ0v) is 9.89. The Labute approximate surface area is 91.2 Å². The first kappa shape index (κ1) is 8.88. The third kappa shape index (κ3) is 1.39. The molecule has 1 aromatic rings. The summed E-state index contributed by atoms with van der Waals surface area (Å²) < 4.78 is 3.54. The fourth-order valence-electron chi connectivity index (χ4n) is 1.52. The average molecular weight is 296 g/mol. The van der Waals surface area contributed by atoms with Gasteiger partial charge in [-0.05, 0) is 41.9 Å². The highest BCUT2D eigenvalue weighted by Gasteiger charge is 2.26. The van der Waals surface area contributed by atoms with Gasteiger partial charge in [0.2, 0.25) is 0 Å². The monoisotopic (exact) mass is 295 g/mol.